The van der Waals surface area contributed by atoms with Crippen LogP contribution in [-0.4, -0.2) is 23.5 Å². The fourth-order valence-electron chi connectivity index (χ4n) is 3.88. The molecule has 0 saturated heterocycles. The molecule has 3 heterocycles. The van der Waals surface area contributed by atoms with Gasteiger partial charge < -0.3 is 4.40 Å². The summed E-state index contributed by atoms with van der Waals surface area (Å²) in [6.07, 6.45) is 1.88. The summed E-state index contributed by atoms with van der Waals surface area (Å²) in [6.45, 7) is 1.94. The standard InChI is InChI=1S/C26H19N3O4S3/c1-18-25(24(19-8-3-2-4-9-19)27-36(32,33)23-11-7-17-34-23)28-16-6-5-10-22(28)26(18)35-21-14-12-20(13-15-21)29(30)31/h2-17H,1H3/b27-24+. The minimum atomic E-state index is -3.94. The molecule has 0 unspecified atom stereocenters. The Morgan fingerprint density at radius 2 is 1.69 bits per heavy atom. The van der Waals surface area contributed by atoms with Gasteiger partial charge in [-0.2, -0.15) is 12.8 Å². The van der Waals surface area contributed by atoms with Crippen molar-refractivity contribution in [1.29, 1.82) is 0 Å². The molecule has 0 aliphatic heterocycles. The highest BCUT2D eigenvalue weighted by molar-refractivity contribution is 7.99. The van der Waals surface area contributed by atoms with Crippen LogP contribution in [0.25, 0.3) is 5.52 Å². The van der Waals surface area contributed by atoms with Gasteiger partial charge in [-0.15, -0.1) is 11.3 Å². The summed E-state index contributed by atoms with van der Waals surface area (Å²) in [5.74, 6) is 0. The molecular weight excluding hydrogens is 515 g/mol. The maximum absolute atomic E-state index is 13.2. The third kappa shape index (κ3) is 4.58. The first-order valence-electron chi connectivity index (χ1n) is 10.8. The minimum absolute atomic E-state index is 0.0239. The number of aromatic nitrogens is 1. The highest BCUT2D eigenvalue weighted by Crippen LogP contribution is 2.38. The van der Waals surface area contributed by atoms with Gasteiger partial charge in [-0.1, -0.05) is 54.2 Å². The second-order valence-electron chi connectivity index (χ2n) is 7.82. The Kier molecular flexibility index (Phi) is 6.48. The SMILES string of the molecule is Cc1c(Sc2ccc([N+](=O)[O-])cc2)c2ccccn2c1/C(=N/S(=O)(=O)c1cccs1)c1ccccc1. The van der Waals surface area contributed by atoms with Crippen molar-refractivity contribution in [3.8, 4) is 0 Å². The van der Waals surface area contributed by atoms with Crippen molar-refractivity contribution in [2.24, 2.45) is 4.40 Å². The summed E-state index contributed by atoms with van der Waals surface area (Å²) in [4.78, 5) is 12.4. The molecule has 0 bridgehead atoms. The van der Waals surface area contributed by atoms with Crippen LogP contribution in [0.2, 0.25) is 0 Å². The molecule has 0 saturated carbocycles. The zero-order valence-corrected chi connectivity index (χ0v) is 21.4. The second-order valence-corrected chi connectivity index (χ2v) is 11.7. The van der Waals surface area contributed by atoms with E-state index < -0.39 is 14.9 Å². The number of thiophene rings is 1. The average molecular weight is 534 g/mol. The van der Waals surface area contributed by atoms with Crippen LogP contribution in [0.3, 0.4) is 0 Å². The summed E-state index contributed by atoms with van der Waals surface area (Å²) in [5.41, 5.74) is 3.45. The first-order chi connectivity index (χ1) is 17.3. The van der Waals surface area contributed by atoms with Crippen molar-refractivity contribution >= 4 is 50.0 Å². The summed E-state index contributed by atoms with van der Waals surface area (Å²) >= 11 is 2.59. The maximum Gasteiger partial charge on any atom is 0.292 e. The smallest absolute Gasteiger partial charge is 0.292 e. The van der Waals surface area contributed by atoms with E-state index in [-0.39, 0.29) is 9.90 Å². The van der Waals surface area contributed by atoms with E-state index >= 15 is 0 Å². The lowest BCUT2D eigenvalue weighted by atomic mass is 10.1. The molecule has 5 rings (SSSR count). The summed E-state index contributed by atoms with van der Waals surface area (Å²) < 4.78 is 32.9. The van der Waals surface area contributed by atoms with E-state index in [0.29, 0.717) is 17.0 Å². The number of sulfonamides is 1. The van der Waals surface area contributed by atoms with Crippen LogP contribution in [0.4, 0.5) is 5.69 Å². The Balaban J connectivity index is 1.71. The number of hydrogen-bond donors (Lipinski definition) is 0. The van der Waals surface area contributed by atoms with E-state index in [1.165, 1.54) is 23.9 Å². The van der Waals surface area contributed by atoms with Crippen molar-refractivity contribution in [3.63, 3.8) is 0 Å². The average Bonchev–Trinajstić information content (AvgIpc) is 3.52. The monoisotopic (exact) mass is 533 g/mol. The number of pyridine rings is 1. The van der Waals surface area contributed by atoms with E-state index in [1.807, 2.05) is 66.1 Å². The van der Waals surface area contributed by atoms with Crippen molar-refractivity contribution in [3.05, 3.63) is 123 Å². The molecular formula is C26H19N3O4S3. The zero-order valence-electron chi connectivity index (χ0n) is 18.9. The molecule has 5 aromatic rings. The number of benzene rings is 2. The van der Waals surface area contributed by atoms with Crippen LogP contribution < -0.4 is 0 Å². The number of nitrogens with zero attached hydrogens (tertiary/aromatic N) is 3. The second kappa shape index (κ2) is 9.73. The topological polar surface area (TPSA) is 94.0 Å². The summed E-state index contributed by atoms with van der Waals surface area (Å²) in [7, 11) is -3.94. The van der Waals surface area contributed by atoms with Crippen molar-refractivity contribution < 1.29 is 13.3 Å². The van der Waals surface area contributed by atoms with Crippen molar-refractivity contribution in [2.45, 2.75) is 20.9 Å². The number of hydrogen-bond acceptors (Lipinski definition) is 6. The predicted molar refractivity (Wildman–Crippen MR) is 143 cm³/mol. The van der Waals surface area contributed by atoms with E-state index in [1.54, 1.807) is 29.6 Å². The van der Waals surface area contributed by atoms with Gasteiger partial charge in [0.25, 0.3) is 15.7 Å². The van der Waals surface area contributed by atoms with Gasteiger partial charge in [-0.25, -0.2) is 0 Å². The van der Waals surface area contributed by atoms with Crippen molar-refractivity contribution in [1.82, 2.24) is 4.40 Å². The Morgan fingerprint density at radius 3 is 2.36 bits per heavy atom. The van der Waals surface area contributed by atoms with Gasteiger partial charge in [-0.3, -0.25) is 10.1 Å². The molecule has 7 nitrogen and oxygen atoms in total. The predicted octanol–water partition coefficient (Wildman–Crippen LogP) is 6.59. The fraction of sp³-hybridized carbons (Fsp3) is 0.0385. The van der Waals surface area contributed by atoms with E-state index in [9.17, 15) is 18.5 Å². The zero-order chi connectivity index (χ0) is 25.3. The van der Waals surface area contributed by atoms with Gasteiger partial charge >= 0.3 is 0 Å². The van der Waals surface area contributed by atoms with E-state index in [0.717, 1.165) is 32.2 Å². The number of nitro benzene ring substituents is 1. The number of non-ortho nitro benzene ring substituents is 1. The van der Waals surface area contributed by atoms with Crippen molar-refractivity contribution in [2.75, 3.05) is 0 Å². The number of rotatable bonds is 7. The molecule has 0 aliphatic carbocycles. The Hall–Kier alpha value is -3.73. The molecule has 0 atom stereocenters. The van der Waals surface area contributed by atoms with Crippen LogP contribution in [0.15, 0.2) is 115 Å². The van der Waals surface area contributed by atoms with Crippen LogP contribution in [-0.2, 0) is 10.0 Å². The van der Waals surface area contributed by atoms with Gasteiger partial charge in [0.1, 0.15) is 9.92 Å². The summed E-state index contributed by atoms with van der Waals surface area (Å²) in [6, 6.07) is 24.6. The van der Waals surface area contributed by atoms with Gasteiger partial charge in [0.05, 0.1) is 16.1 Å². The van der Waals surface area contributed by atoms with Gasteiger partial charge in [0.2, 0.25) is 0 Å². The molecule has 2 aromatic carbocycles. The normalized spacial score (nSPS) is 12.2. The van der Waals surface area contributed by atoms with Gasteiger partial charge in [0, 0.05) is 33.7 Å². The first-order valence-corrected chi connectivity index (χ1v) is 13.9. The minimum Gasteiger partial charge on any atom is -0.314 e. The number of nitro groups is 1. The van der Waals surface area contributed by atoms with Crippen LogP contribution in [0.1, 0.15) is 16.8 Å². The van der Waals surface area contributed by atoms with E-state index in [2.05, 4.69) is 4.40 Å². The fourth-order valence-corrected chi connectivity index (χ4v) is 6.90. The van der Waals surface area contributed by atoms with Gasteiger partial charge in [-0.05, 0) is 48.2 Å². The molecule has 10 heteroatoms. The third-order valence-corrected chi connectivity index (χ3v) is 9.41. The highest BCUT2D eigenvalue weighted by Gasteiger charge is 2.24. The lowest BCUT2D eigenvalue weighted by Gasteiger charge is -2.10. The summed E-state index contributed by atoms with van der Waals surface area (Å²) in [5, 5.41) is 12.8. The Morgan fingerprint density at radius 1 is 0.972 bits per heavy atom. The van der Waals surface area contributed by atoms with E-state index in [4.69, 9.17) is 0 Å². The lowest BCUT2D eigenvalue weighted by Crippen LogP contribution is -2.11. The molecule has 0 N–H and O–H groups in total. The lowest BCUT2D eigenvalue weighted by molar-refractivity contribution is -0.384. The quantitative estimate of drug-likeness (QED) is 0.134. The largest absolute Gasteiger partial charge is 0.314 e. The molecule has 0 fully saturated rings. The molecule has 0 amide bonds. The third-order valence-electron chi connectivity index (χ3n) is 5.53. The first kappa shape index (κ1) is 24.0. The van der Waals surface area contributed by atoms with Crippen LogP contribution >= 0.6 is 23.1 Å². The Bertz CT molecular complexity index is 1690. The van der Waals surface area contributed by atoms with Crippen LogP contribution in [0.5, 0.6) is 0 Å². The Labute approximate surface area is 216 Å². The molecule has 0 spiro atoms. The molecule has 0 aliphatic rings. The molecule has 0 radical (unpaired) electrons. The van der Waals surface area contributed by atoms with Gasteiger partial charge in [0.15, 0.2) is 0 Å². The molecule has 180 valence electrons. The number of fused-ring (bicyclic) bond motifs is 1. The molecule has 36 heavy (non-hydrogen) atoms. The maximum atomic E-state index is 13.2. The van der Waals surface area contributed by atoms with Crippen LogP contribution in [0, 0.1) is 17.0 Å². The highest BCUT2D eigenvalue weighted by atomic mass is 32.2. The molecule has 3 aromatic heterocycles.